The number of benzene rings is 1. The molecule has 1 aromatic carbocycles. The molecule has 1 aromatic heterocycles. The Morgan fingerprint density at radius 1 is 1.36 bits per heavy atom. The summed E-state index contributed by atoms with van der Waals surface area (Å²) in [6.45, 7) is 0. The molecule has 14 heavy (non-hydrogen) atoms. The number of amidine groups is 1. The smallest absolute Gasteiger partial charge is 0.125 e. The molecule has 0 spiro atoms. The van der Waals surface area contributed by atoms with Crippen LogP contribution in [0.3, 0.4) is 0 Å². The van der Waals surface area contributed by atoms with Crippen LogP contribution in [0.1, 0.15) is 5.56 Å². The summed E-state index contributed by atoms with van der Waals surface area (Å²) < 4.78 is 0. The average molecular weight is 185 g/mol. The molecule has 0 saturated carbocycles. The van der Waals surface area contributed by atoms with Gasteiger partial charge in [-0.15, -0.1) is 0 Å². The number of rotatable bonds is 1. The SMILES string of the molecule is CN=C(N)c1ccc2ncccc2c1. The molecule has 3 heteroatoms. The van der Waals surface area contributed by atoms with E-state index < -0.39 is 0 Å². The molecule has 0 saturated heterocycles. The Hall–Kier alpha value is -1.90. The second-order valence-corrected chi connectivity index (χ2v) is 3.02. The van der Waals surface area contributed by atoms with E-state index in [1.54, 1.807) is 13.2 Å². The number of aromatic nitrogens is 1. The predicted molar refractivity (Wildman–Crippen MR) is 58.4 cm³/mol. The second kappa shape index (κ2) is 3.46. The van der Waals surface area contributed by atoms with Gasteiger partial charge in [0.2, 0.25) is 0 Å². The third-order valence-corrected chi connectivity index (χ3v) is 2.14. The minimum absolute atomic E-state index is 0.552. The van der Waals surface area contributed by atoms with Crippen LogP contribution in [0.2, 0.25) is 0 Å². The molecule has 0 amide bonds. The van der Waals surface area contributed by atoms with E-state index in [1.807, 2.05) is 30.3 Å². The van der Waals surface area contributed by atoms with Crippen molar-refractivity contribution in [2.75, 3.05) is 7.05 Å². The monoisotopic (exact) mass is 185 g/mol. The van der Waals surface area contributed by atoms with Crippen LogP contribution in [0.5, 0.6) is 0 Å². The van der Waals surface area contributed by atoms with Crippen molar-refractivity contribution in [2.24, 2.45) is 10.7 Å². The zero-order valence-electron chi connectivity index (χ0n) is 7.94. The van der Waals surface area contributed by atoms with Crippen molar-refractivity contribution in [1.82, 2.24) is 4.98 Å². The molecule has 2 rings (SSSR count). The van der Waals surface area contributed by atoms with Crippen molar-refractivity contribution in [3.63, 3.8) is 0 Å². The van der Waals surface area contributed by atoms with E-state index in [9.17, 15) is 0 Å². The van der Waals surface area contributed by atoms with Crippen LogP contribution in [0, 0.1) is 0 Å². The standard InChI is InChI=1S/C11H11N3/c1-13-11(12)9-4-5-10-8(7-9)3-2-6-14-10/h2-7H,1H3,(H2,12,13). The van der Waals surface area contributed by atoms with E-state index in [1.165, 1.54) is 0 Å². The average Bonchev–Trinajstić information content (AvgIpc) is 2.27. The zero-order valence-corrected chi connectivity index (χ0v) is 7.94. The largest absolute Gasteiger partial charge is 0.384 e. The minimum atomic E-state index is 0.552. The lowest BCUT2D eigenvalue weighted by Gasteiger charge is -2.01. The number of aliphatic imine (C=N–C) groups is 1. The van der Waals surface area contributed by atoms with Crippen molar-refractivity contribution >= 4 is 16.7 Å². The third-order valence-electron chi connectivity index (χ3n) is 2.14. The molecule has 2 N–H and O–H groups in total. The Morgan fingerprint density at radius 3 is 3.00 bits per heavy atom. The quantitative estimate of drug-likeness (QED) is 0.541. The van der Waals surface area contributed by atoms with E-state index >= 15 is 0 Å². The van der Waals surface area contributed by atoms with Gasteiger partial charge in [-0.3, -0.25) is 9.98 Å². The Bertz CT molecular complexity index is 489. The molecule has 2 aromatic rings. The van der Waals surface area contributed by atoms with Crippen LogP contribution < -0.4 is 5.73 Å². The highest BCUT2D eigenvalue weighted by Crippen LogP contribution is 2.12. The van der Waals surface area contributed by atoms with E-state index in [0.29, 0.717) is 5.84 Å². The predicted octanol–water partition coefficient (Wildman–Crippen LogP) is 1.57. The van der Waals surface area contributed by atoms with Gasteiger partial charge in [0.05, 0.1) is 5.52 Å². The molecule has 70 valence electrons. The van der Waals surface area contributed by atoms with Crippen LogP contribution in [-0.4, -0.2) is 17.9 Å². The topological polar surface area (TPSA) is 51.3 Å². The van der Waals surface area contributed by atoms with Gasteiger partial charge in [-0.25, -0.2) is 0 Å². The summed E-state index contributed by atoms with van der Waals surface area (Å²) >= 11 is 0. The molecule has 0 radical (unpaired) electrons. The van der Waals surface area contributed by atoms with Crippen LogP contribution >= 0.6 is 0 Å². The fourth-order valence-electron chi connectivity index (χ4n) is 1.36. The number of nitrogens with two attached hydrogens (primary N) is 1. The maximum Gasteiger partial charge on any atom is 0.125 e. The summed E-state index contributed by atoms with van der Waals surface area (Å²) in [5, 5.41) is 1.08. The molecule has 0 unspecified atom stereocenters. The first kappa shape index (κ1) is 8.69. The first-order valence-corrected chi connectivity index (χ1v) is 4.38. The van der Waals surface area contributed by atoms with Crippen molar-refractivity contribution < 1.29 is 0 Å². The maximum atomic E-state index is 5.71. The third kappa shape index (κ3) is 1.44. The Kier molecular flexibility index (Phi) is 2.14. The molecule has 0 bridgehead atoms. The summed E-state index contributed by atoms with van der Waals surface area (Å²) in [6, 6.07) is 9.78. The summed E-state index contributed by atoms with van der Waals surface area (Å²) in [4.78, 5) is 8.17. The molecular weight excluding hydrogens is 174 g/mol. The van der Waals surface area contributed by atoms with E-state index in [2.05, 4.69) is 9.98 Å². The van der Waals surface area contributed by atoms with Crippen molar-refractivity contribution in [3.05, 3.63) is 42.1 Å². The molecule has 0 fully saturated rings. The van der Waals surface area contributed by atoms with Crippen molar-refractivity contribution in [1.29, 1.82) is 0 Å². The molecule has 0 aliphatic heterocycles. The van der Waals surface area contributed by atoms with Gasteiger partial charge in [0.1, 0.15) is 5.84 Å². The Labute approximate surface area is 82.3 Å². The number of nitrogens with zero attached hydrogens (tertiary/aromatic N) is 2. The van der Waals surface area contributed by atoms with Crippen molar-refractivity contribution in [2.45, 2.75) is 0 Å². The Morgan fingerprint density at radius 2 is 2.21 bits per heavy atom. The second-order valence-electron chi connectivity index (χ2n) is 3.02. The van der Waals surface area contributed by atoms with Gasteiger partial charge in [-0.2, -0.15) is 0 Å². The van der Waals surface area contributed by atoms with Crippen LogP contribution in [0.25, 0.3) is 10.9 Å². The molecule has 1 heterocycles. The number of fused-ring (bicyclic) bond motifs is 1. The van der Waals surface area contributed by atoms with E-state index in [4.69, 9.17) is 5.73 Å². The molecular formula is C11H11N3. The van der Waals surface area contributed by atoms with Gasteiger partial charge >= 0.3 is 0 Å². The van der Waals surface area contributed by atoms with Crippen LogP contribution in [0.15, 0.2) is 41.5 Å². The molecule has 0 atom stereocenters. The van der Waals surface area contributed by atoms with E-state index in [0.717, 1.165) is 16.5 Å². The van der Waals surface area contributed by atoms with Gasteiger partial charge in [-0.1, -0.05) is 6.07 Å². The highest BCUT2D eigenvalue weighted by Gasteiger charge is 1.99. The Balaban J connectivity index is 2.62. The maximum absolute atomic E-state index is 5.71. The lowest BCUT2D eigenvalue weighted by atomic mass is 10.1. The normalized spacial score (nSPS) is 11.9. The summed E-state index contributed by atoms with van der Waals surface area (Å²) in [5.41, 5.74) is 7.63. The van der Waals surface area contributed by atoms with Gasteiger partial charge in [0.15, 0.2) is 0 Å². The molecule has 0 aliphatic rings. The van der Waals surface area contributed by atoms with Gasteiger partial charge in [0.25, 0.3) is 0 Å². The first-order chi connectivity index (χ1) is 6.81. The lowest BCUT2D eigenvalue weighted by molar-refractivity contribution is 1.38. The van der Waals surface area contributed by atoms with Crippen molar-refractivity contribution in [3.8, 4) is 0 Å². The summed E-state index contributed by atoms with van der Waals surface area (Å²) in [6.07, 6.45) is 1.78. The number of pyridine rings is 1. The van der Waals surface area contributed by atoms with Crippen LogP contribution in [-0.2, 0) is 0 Å². The van der Waals surface area contributed by atoms with Gasteiger partial charge < -0.3 is 5.73 Å². The summed E-state index contributed by atoms with van der Waals surface area (Å²) in [7, 11) is 1.68. The molecule has 3 nitrogen and oxygen atoms in total. The van der Waals surface area contributed by atoms with E-state index in [-0.39, 0.29) is 0 Å². The molecule has 0 aliphatic carbocycles. The van der Waals surface area contributed by atoms with Gasteiger partial charge in [-0.05, 0) is 24.3 Å². The highest BCUT2D eigenvalue weighted by atomic mass is 14.8. The summed E-state index contributed by atoms with van der Waals surface area (Å²) in [5.74, 6) is 0.552. The fourth-order valence-corrected chi connectivity index (χ4v) is 1.36. The number of hydrogen-bond donors (Lipinski definition) is 1. The highest BCUT2D eigenvalue weighted by molar-refractivity contribution is 6.00. The number of hydrogen-bond acceptors (Lipinski definition) is 2. The fraction of sp³-hybridized carbons (Fsp3) is 0.0909. The lowest BCUT2D eigenvalue weighted by Crippen LogP contribution is -2.12. The minimum Gasteiger partial charge on any atom is -0.384 e. The van der Waals surface area contributed by atoms with Gasteiger partial charge in [0, 0.05) is 24.2 Å². The first-order valence-electron chi connectivity index (χ1n) is 4.38. The zero-order chi connectivity index (χ0) is 9.97. The van der Waals surface area contributed by atoms with Crippen LogP contribution in [0.4, 0.5) is 0 Å².